The predicted molar refractivity (Wildman–Crippen MR) is 127 cm³/mol. The molecule has 172 valence electrons. The molecule has 34 heavy (non-hydrogen) atoms. The Balaban J connectivity index is 1.39. The molecule has 1 aliphatic rings. The van der Waals surface area contributed by atoms with Crippen LogP contribution in [-0.4, -0.2) is 44.9 Å². The van der Waals surface area contributed by atoms with Crippen LogP contribution in [0.15, 0.2) is 54.0 Å². The van der Waals surface area contributed by atoms with Crippen molar-refractivity contribution in [3.05, 3.63) is 70.0 Å². The zero-order valence-electron chi connectivity index (χ0n) is 17.9. The minimum atomic E-state index is -0.378. The molecule has 0 aliphatic carbocycles. The maximum Gasteiger partial charge on any atom is 0.261 e. The second-order valence-corrected chi connectivity index (χ2v) is 8.84. The minimum Gasteiger partial charge on any atom is -0.366 e. The number of nitrogen functional groups attached to an aromatic ring is 1. The molecule has 1 aromatic carbocycles. The van der Waals surface area contributed by atoms with E-state index in [1.165, 1.54) is 15.9 Å². The summed E-state index contributed by atoms with van der Waals surface area (Å²) in [4.78, 5) is 41.8. The van der Waals surface area contributed by atoms with Gasteiger partial charge in [0.05, 0.1) is 16.5 Å². The molecule has 1 fully saturated rings. The van der Waals surface area contributed by atoms with Crippen molar-refractivity contribution >= 4 is 40.7 Å². The molecule has 1 unspecified atom stereocenters. The second-order valence-electron chi connectivity index (χ2n) is 7.93. The molecule has 4 heterocycles. The van der Waals surface area contributed by atoms with Crippen LogP contribution in [-0.2, 0) is 11.3 Å². The third-order valence-corrected chi connectivity index (χ3v) is 6.39. The Kier molecular flexibility index (Phi) is 5.68. The molecule has 1 atom stereocenters. The lowest BCUT2D eigenvalue weighted by atomic mass is 10.1. The van der Waals surface area contributed by atoms with Gasteiger partial charge in [-0.05, 0) is 28.6 Å². The Labute approximate surface area is 198 Å². The summed E-state index contributed by atoms with van der Waals surface area (Å²) in [6, 6.07) is 12.8. The number of anilines is 1. The van der Waals surface area contributed by atoms with Crippen molar-refractivity contribution in [1.82, 2.24) is 30.5 Å². The largest absolute Gasteiger partial charge is 0.366 e. The summed E-state index contributed by atoms with van der Waals surface area (Å²) >= 11 is 1.31. The fourth-order valence-electron chi connectivity index (χ4n) is 3.77. The van der Waals surface area contributed by atoms with Crippen LogP contribution in [0.2, 0.25) is 0 Å². The number of pyridine rings is 1. The smallest absolute Gasteiger partial charge is 0.261 e. The first-order chi connectivity index (χ1) is 16.5. The molecule has 1 aliphatic heterocycles. The quantitative estimate of drug-likeness (QED) is 0.333. The molecule has 5 rings (SSSR count). The van der Waals surface area contributed by atoms with Crippen molar-refractivity contribution in [2.24, 2.45) is 0 Å². The Morgan fingerprint density at radius 3 is 2.76 bits per heavy atom. The first kappa shape index (κ1) is 21.6. The number of carbonyl (C=O) groups excluding carboxylic acids is 3. The fraction of sp³-hybridized carbons (Fsp3) is 0.174. The van der Waals surface area contributed by atoms with Gasteiger partial charge in [-0.3, -0.25) is 14.4 Å². The van der Waals surface area contributed by atoms with Gasteiger partial charge in [-0.1, -0.05) is 30.3 Å². The fourth-order valence-corrected chi connectivity index (χ4v) is 4.60. The molecule has 10 nitrogen and oxygen atoms in total. The van der Waals surface area contributed by atoms with Crippen LogP contribution in [0.3, 0.4) is 0 Å². The van der Waals surface area contributed by atoms with E-state index < -0.39 is 0 Å². The molecule has 0 spiro atoms. The average molecular weight is 476 g/mol. The summed E-state index contributed by atoms with van der Waals surface area (Å²) in [5.74, 6) is -0.623. The highest BCUT2D eigenvalue weighted by molar-refractivity contribution is 7.12. The zero-order chi connectivity index (χ0) is 23.7. The van der Waals surface area contributed by atoms with Gasteiger partial charge in [0.1, 0.15) is 0 Å². The maximum atomic E-state index is 13.0. The molecule has 1 saturated heterocycles. The highest BCUT2D eigenvalue weighted by Gasteiger charge is 2.25. The van der Waals surface area contributed by atoms with Crippen LogP contribution < -0.4 is 21.7 Å². The summed E-state index contributed by atoms with van der Waals surface area (Å²) in [7, 11) is 0. The van der Waals surface area contributed by atoms with Crippen molar-refractivity contribution in [1.29, 1.82) is 0 Å². The van der Waals surface area contributed by atoms with Crippen LogP contribution in [0.4, 0.5) is 5.95 Å². The summed E-state index contributed by atoms with van der Waals surface area (Å²) in [5, 5.41) is 14.5. The lowest BCUT2D eigenvalue weighted by molar-refractivity contribution is -0.119. The topological polar surface area (TPSA) is 144 Å². The van der Waals surface area contributed by atoms with Gasteiger partial charge >= 0.3 is 0 Å². The van der Waals surface area contributed by atoms with Gasteiger partial charge in [-0.2, -0.15) is 4.98 Å². The number of hydrogen-bond acceptors (Lipinski definition) is 7. The normalized spacial score (nSPS) is 15.3. The van der Waals surface area contributed by atoms with E-state index in [-0.39, 0.29) is 41.7 Å². The summed E-state index contributed by atoms with van der Waals surface area (Å²) in [5.41, 5.74) is 8.82. The van der Waals surface area contributed by atoms with E-state index in [2.05, 4.69) is 26.0 Å². The van der Waals surface area contributed by atoms with Gasteiger partial charge in [0.25, 0.3) is 11.8 Å². The number of rotatable bonds is 6. The molecule has 5 N–H and O–H groups in total. The third-order valence-electron chi connectivity index (χ3n) is 5.46. The number of fused-ring (bicyclic) bond motifs is 1. The Morgan fingerprint density at radius 2 is 2.00 bits per heavy atom. The van der Waals surface area contributed by atoms with Gasteiger partial charge in [0.2, 0.25) is 11.9 Å². The lowest BCUT2D eigenvalue weighted by Crippen LogP contribution is -2.36. The van der Waals surface area contributed by atoms with Crippen LogP contribution in [0.1, 0.15) is 32.0 Å². The Hall–Kier alpha value is -4.25. The number of benzene rings is 1. The number of nitrogens with one attached hydrogen (secondary N) is 3. The van der Waals surface area contributed by atoms with Crippen LogP contribution in [0.5, 0.6) is 0 Å². The molecular formula is C23H21N7O3S. The number of carbonyl (C=O) groups is 3. The maximum absolute atomic E-state index is 13.0. The van der Waals surface area contributed by atoms with Gasteiger partial charge in [-0.15, -0.1) is 16.4 Å². The van der Waals surface area contributed by atoms with Gasteiger partial charge in [0.15, 0.2) is 5.65 Å². The molecule has 3 aromatic heterocycles. The van der Waals surface area contributed by atoms with Gasteiger partial charge in [-0.25, -0.2) is 4.52 Å². The number of nitrogens with two attached hydrogens (primary N) is 1. The van der Waals surface area contributed by atoms with Crippen molar-refractivity contribution < 1.29 is 14.4 Å². The summed E-state index contributed by atoms with van der Waals surface area (Å²) in [6.45, 7) is 0.807. The van der Waals surface area contributed by atoms with Crippen molar-refractivity contribution in [3.63, 3.8) is 0 Å². The average Bonchev–Trinajstić information content (AvgIpc) is 3.56. The first-order valence-electron chi connectivity index (χ1n) is 10.6. The molecule has 4 aromatic rings. The van der Waals surface area contributed by atoms with Gasteiger partial charge in [0, 0.05) is 31.3 Å². The van der Waals surface area contributed by atoms with Gasteiger partial charge < -0.3 is 21.7 Å². The highest BCUT2D eigenvalue weighted by atomic mass is 32.1. The number of aromatic nitrogens is 3. The van der Waals surface area contributed by atoms with Crippen LogP contribution in [0.25, 0.3) is 16.8 Å². The van der Waals surface area contributed by atoms with E-state index in [0.717, 1.165) is 11.1 Å². The standard InChI is InChI=1S/C23H21N7O3S/c24-23-28-20-17(21(32)27-16-8-19(31)25-10-16)6-14(11-30(20)29-23)15-7-18(34-12-15)22(33)26-9-13-4-2-1-3-5-13/h1-7,11-12,16H,8-10H2,(H2,24,29)(H,25,31)(H,26,33)(H,27,32). The zero-order valence-corrected chi connectivity index (χ0v) is 18.8. The van der Waals surface area contributed by atoms with E-state index in [0.29, 0.717) is 29.2 Å². The Bertz CT molecular complexity index is 1400. The van der Waals surface area contributed by atoms with E-state index in [1.54, 1.807) is 18.3 Å². The number of thiophene rings is 1. The van der Waals surface area contributed by atoms with Crippen LogP contribution >= 0.6 is 11.3 Å². The highest BCUT2D eigenvalue weighted by Crippen LogP contribution is 2.28. The molecule has 0 bridgehead atoms. The Morgan fingerprint density at radius 1 is 1.18 bits per heavy atom. The first-order valence-corrected chi connectivity index (χ1v) is 11.5. The molecule has 11 heteroatoms. The minimum absolute atomic E-state index is 0.0372. The van der Waals surface area contributed by atoms with Crippen LogP contribution in [0, 0.1) is 0 Å². The van der Waals surface area contributed by atoms with E-state index in [4.69, 9.17) is 5.73 Å². The monoisotopic (exact) mass is 475 g/mol. The van der Waals surface area contributed by atoms with Crippen molar-refractivity contribution in [2.45, 2.75) is 19.0 Å². The molecule has 3 amide bonds. The number of amides is 3. The third kappa shape index (κ3) is 4.46. The summed E-state index contributed by atoms with van der Waals surface area (Å²) in [6.07, 6.45) is 1.94. The molecule has 0 radical (unpaired) electrons. The van der Waals surface area contributed by atoms with Crippen molar-refractivity contribution in [3.8, 4) is 11.1 Å². The van der Waals surface area contributed by atoms with E-state index >= 15 is 0 Å². The lowest BCUT2D eigenvalue weighted by Gasteiger charge is -2.11. The summed E-state index contributed by atoms with van der Waals surface area (Å²) < 4.78 is 1.45. The molecular weight excluding hydrogens is 454 g/mol. The van der Waals surface area contributed by atoms with E-state index in [9.17, 15) is 14.4 Å². The molecule has 0 saturated carbocycles. The predicted octanol–water partition coefficient (Wildman–Crippen LogP) is 1.59. The SMILES string of the molecule is Nc1nc2c(C(=O)NC3CNC(=O)C3)cc(-c3csc(C(=O)NCc4ccccc4)c3)cn2n1. The van der Waals surface area contributed by atoms with Crippen molar-refractivity contribution in [2.75, 3.05) is 12.3 Å². The number of hydrogen-bond donors (Lipinski definition) is 4. The second kappa shape index (κ2) is 8.94. The van der Waals surface area contributed by atoms with E-state index in [1.807, 2.05) is 35.7 Å². The number of nitrogens with zero attached hydrogens (tertiary/aromatic N) is 3.